The summed E-state index contributed by atoms with van der Waals surface area (Å²) in [6.07, 6.45) is 0.908. The highest BCUT2D eigenvalue weighted by Crippen LogP contribution is 2.45. The maximum Gasteiger partial charge on any atom is 0.541 e. The molecule has 0 bridgehead atoms. The number of aldehydes is 1. The molecule has 0 atom stereocenters. The molecule has 1 aromatic rings. The summed E-state index contributed by atoms with van der Waals surface area (Å²) in [7, 11) is -1.96. The lowest BCUT2D eigenvalue weighted by molar-refractivity contribution is -0.107. The summed E-state index contributed by atoms with van der Waals surface area (Å²) in [4.78, 5) is 28.5. The van der Waals surface area contributed by atoms with Crippen molar-refractivity contribution in [3.05, 3.63) is 30.3 Å². The van der Waals surface area contributed by atoms with E-state index in [9.17, 15) is 14.6 Å². The zero-order chi connectivity index (χ0) is 16.7. The van der Waals surface area contributed by atoms with Crippen LogP contribution >= 0.6 is 8.09 Å². The number of benzene rings is 1. The van der Waals surface area contributed by atoms with Gasteiger partial charge in [0.15, 0.2) is 5.75 Å². The van der Waals surface area contributed by atoms with Crippen LogP contribution in [0.15, 0.2) is 30.3 Å². The number of ether oxygens (including phenoxy) is 1. The van der Waals surface area contributed by atoms with Gasteiger partial charge < -0.3 is 9.53 Å². The average Bonchev–Trinajstić information content (AvgIpc) is 2.48. The number of nitrogens with one attached hydrogen (secondary N) is 1. The van der Waals surface area contributed by atoms with Gasteiger partial charge in [-0.05, 0) is 26.0 Å². The Morgan fingerprint density at radius 1 is 1.24 bits per heavy atom. The summed E-state index contributed by atoms with van der Waals surface area (Å²) in [5.74, 6) is 0.337. The lowest BCUT2D eigenvalue weighted by Crippen LogP contribution is -2.21. The fourth-order valence-corrected chi connectivity index (χ4v) is 1.61. The second-order valence-electron chi connectivity index (χ2n) is 3.76. The van der Waals surface area contributed by atoms with E-state index in [0.717, 1.165) is 0 Å². The highest BCUT2D eigenvalue weighted by molar-refractivity contribution is 7.57. The summed E-state index contributed by atoms with van der Waals surface area (Å²) in [6, 6.07) is 8.36. The van der Waals surface area contributed by atoms with Gasteiger partial charge in [0.25, 0.3) is 0 Å². The maximum atomic E-state index is 9.98. The van der Waals surface area contributed by atoms with E-state index in [4.69, 9.17) is 9.26 Å². The van der Waals surface area contributed by atoms with E-state index in [1.165, 1.54) is 0 Å². The molecule has 0 saturated heterocycles. The van der Waals surface area contributed by atoms with Crippen LogP contribution in [0.1, 0.15) is 27.7 Å². The third kappa shape index (κ3) is 15.2. The molecule has 0 amide bonds. The third-order valence-corrected chi connectivity index (χ3v) is 2.89. The molecular weight excluding hydrogens is 293 g/mol. The molecule has 1 rings (SSSR count). The molecule has 7 heteroatoms. The summed E-state index contributed by atoms with van der Waals surface area (Å²) in [5, 5.41) is 2.19. The molecule has 0 aliphatic heterocycles. The SMILES string of the molecule is CC.COC(C)C.O=CCN[P+](O)(O)Oc1ccccc1. The average molecular weight is 320 g/mol. The van der Waals surface area contributed by atoms with Gasteiger partial charge in [-0.25, -0.2) is 0 Å². The van der Waals surface area contributed by atoms with Crippen molar-refractivity contribution in [3.8, 4) is 5.75 Å². The van der Waals surface area contributed by atoms with Crippen molar-refractivity contribution in [1.82, 2.24) is 5.09 Å². The maximum absolute atomic E-state index is 9.98. The Bertz CT molecular complexity index is 346. The number of carbonyl (C=O) groups is 1. The first-order chi connectivity index (χ1) is 9.91. The van der Waals surface area contributed by atoms with Crippen LogP contribution in [0.25, 0.3) is 0 Å². The monoisotopic (exact) mass is 320 g/mol. The second-order valence-corrected chi connectivity index (χ2v) is 5.35. The number of hydrogen-bond donors (Lipinski definition) is 3. The summed E-state index contributed by atoms with van der Waals surface area (Å²) in [5.41, 5.74) is 0. The molecule has 0 aromatic heterocycles. The molecule has 6 nitrogen and oxygen atoms in total. The molecule has 0 unspecified atom stereocenters. The highest BCUT2D eigenvalue weighted by atomic mass is 31.2. The molecule has 0 aliphatic carbocycles. The van der Waals surface area contributed by atoms with Crippen molar-refractivity contribution >= 4 is 14.4 Å². The Kier molecular flexibility index (Phi) is 14.7. The van der Waals surface area contributed by atoms with Crippen molar-refractivity contribution in [3.63, 3.8) is 0 Å². The number of hydrogen-bond acceptors (Lipinski definition) is 6. The minimum Gasteiger partial charge on any atom is -0.382 e. The van der Waals surface area contributed by atoms with E-state index >= 15 is 0 Å². The molecule has 0 aliphatic rings. The molecule has 0 saturated carbocycles. The van der Waals surface area contributed by atoms with Gasteiger partial charge in [0.1, 0.15) is 6.29 Å². The van der Waals surface area contributed by atoms with Crippen molar-refractivity contribution in [2.45, 2.75) is 33.8 Å². The Hall–Kier alpha value is -1.04. The molecule has 122 valence electrons. The van der Waals surface area contributed by atoms with Crippen molar-refractivity contribution < 1.29 is 23.8 Å². The lowest BCUT2D eigenvalue weighted by Gasteiger charge is -2.09. The van der Waals surface area contributed by atoms with Gasteiger partial charge in [0.05, 0.1) is 12.6 Å². The Morgan fingerprint density at radius 2 is 1.71 bits per heavy atom. The topological polar surface area (TPSA) is 88.0 Å². The Morgan fingerprint density at radius 3 is 2.10 bits per heavy atom. The van der Waals surface area contributed by atoms with Gasteiger partial charge >= 0.3 is 8.09 Å². The minimum absolute atomic E-state index is 0.159. The molecule has 1 aromatic carbocycles. The number of para-hydroxylation sites is 1. The van der Waals surface area contributed by atoms with E-state index < -0.39 is 8.09 Å². The van der Waals surface area contributed by atoms with Gasteiger partial charge in [-0.3, -0.25) is 4.52 Å². The van der Waals surface area contributed by atoms with Gasteiger partial charge in [0, 0.05) is 7.11 Å². The van der Waals surface area contributed by atoms with Gasteiger partial charge in [-0.1, -0.05) is 32.0 Å². The number of methoxy groups -OCH3 is 1. The molecule has 0 spiro atoms. The zero-order valence-corrected chi connectivity index (χ0v) is 14.2. The van der Waals surface area contributed by atoms with Crippen LogP contribution in [-0.2, 0) is 9.53 Å². The fraction of sp³-hybridized carbons (Fsp3) is 0.500. The Balaban J connectivity index is 0. The van der Waals surface area contributed by atoms with Crippen LogP contribution in [0.2, 0.25) is 0 Å². The zero-order valence-electron chi connectivity index (χ0n) is 13.3. The minimum atomic E-state index is -3.66. The molecular formula is C14H27NO5P+. The van der Waals surface area contributed by atoms with Gasteiger partial charge in [-0.2, -0.15) is 9.79 Å². The lowest BCUT2D eigenvalue weighted by atomic mass is 10.3. The highest BCUT2D eigenvalue weighted by Gasteiger charge is 2.37. The predicted octanol–water partition coefficient (Wildman–Crippen LogP) is 2.58. The van der Waals surface area contributed by atoms with Gasteiger partial charge in [0.2, 0.25) is 0 Å². The van der Waals surface area contributed by atoms with Gasteiger partial charge in [-0.15, -0.1) is 5.09 Å². The molecule has 0 fully saturated rings. The normalized spacial score (nSPS) is 9.90. The standard InChI is InChI=1S/C8H11NO4P.C4H10O.C2H6/c10-7-6-9-14(11,12)13-8-4-2-1-3-5-8;1-4(2)5-3;1-2/h1-5,7,9,11-12H,6H2;4H,1-3H3;1-2H3/q+1;;. The largest absolute Gasteiger partial charge is 0.541 e. The van der Waals surface area contributed by atoms with Crippen LogP contribution < -0.4 is 9.61 Å². The van der Waals surface area contributed by atoms with Crippen molar-refractivity contribution in [1.29, 1.82) is 0 Å². The molecule has 21 heavy (non-hydrogen) atoms. The molecule has 3 N–H and O–H groups in total. The van der Waals surface area contributed by atoms with Crippen LogP contribution in [0.3, 0.4) is 0 Å². The van der Waals surface area contributed by atoms with E-state index in [0.29, 0.717) is 18.1 Å². The van der Waals surface area contributed by atoms with E-state index in [1.54, 1.807) is 37.4 Å². The predicted molar refractivity (Wildman–Crippen MR) is 86.0 cm³/mol. The molecule has 0 radical (unpaired) electrons. The first kappa shape index (κ1) is 22.2. The first-order valence-corrected chi connectivity index (χ1v) is 8.33. The second kappa shape index (κ2) is 13.9. The van der Waals surface area contributed by atoms with E-state index in [2.05, 4.69) is 5.09 Å². The quantitative estimate of drug-likeness (QED) is 0.551. The van der Waals surface area contributed by atoms with Crippen LogP contribution in [0.5, 0.6) is 5.75 Å². The van der Waals surface area contributed by atoms with Crippen molar-refractivity contribution in [2.75, 3.05) is 13.7 Å². The smallest absolute Gasteiger partial charge is 0.382 e. The number of carbonyl (C=O) groups excluding carboxylic acids is 1. The third-order valence-electron chi connectivity index (χ3n) is 1.83. The van der Waals surface area contributed by atoms with Crippen LogP contribution in [0, 0.1) is 0 Å². The summed E-state index contributed by atoms with van der Waals surface area (Å²) >= 11 is 0. The van der Waals surface area contributed by atoms with Crippen LogP contribution in [-0.4, -0.2) is 35.8 Å². The van der Waals surface area contributed by atoms with E-state index in [-0.39, 0.29) is 6.54 Å². The summed E-state index contributed by atoms with van der Waals surface area (Å²) in [6.45, 7) is 7.84. The number of rotatable bonds is 6. The van der Waals surface area contributed by atoms with E-state index in [1.807, 2.05) is 27.7 Å². The first-order valence-electron chi connectivity index (χ1n) is 6.72. The fourth-order valence-electron chi connectivity index (χ4n) is 0.817. The Labute approximate surface area is 127 Å². The van der Waals surface area contributed by atoms with Crippen molar-refractivity contribution in [2.24, 2.45) is 0 Å². The summed E-state index contributed by atoms with van der Waals surface area (Å²) < 4.78 is 9.61. The molecule has 0 heterocycles. The van der Waals surface area contributed by atoms with Crippen LogP contribution in [0.4, 0.5) is 0 Å².